The number of aryl methyl sites for hydroxylation is 1. The van der Waals surface area contributed by atoms with Gasteiger partial charge in [0.2, 0.25) is 0 Å². The first-order chi connectivity index (χ1) is 25.3. The molecule has 0 spiro atoms. The summed E-state index contributed by atoms with van der Waals surface area (Å²) in [5.41, 5.74) is 5.88. The monoisotopic (exact) mass is 648 g/mol. The van der Waals surface area contributed by atoms with Crippen molar-refractivity contribution in [3.8, 4) is 22.5 Å². The van der Waals surface area contributed by atoms with Crippen molar-refractivity contribution >= 4 is 86.4 Å². The summed E-state index contributed by atoms with van der Waals surface area (Å²) in [4.78, 5) is 5.30. The Hall–Kier alpha value is -6.51. The molecule has 0 aliphatic carbocycles. The lowest BCUT2D eigenvalue weighted by Crippen LogP contribution is -2.00. The van der Waals surface area contributed by atoms with Crippen LogP contribution in [0.2, 0.25) is 0 Å². The fourth-order valence-corrected chi connectivity index (χ4v) is 9.06. The third-order valence-corrected chi connectivity index (χ3v) is 11.1. The fourth-order valence-electron chi connectivity index (χ4n) is 9.06. The number of imidazole rings is 1. The van der Waals surface area contributed by atoms with Crippen LogP contribution in [0.5, 0.6) is 0 Å². The molecule has 2 heteroatoms. The highest BCUT2D eigenvalue weighted by molar-refractivity contribution is 6.35. The molecule has 0 fully saturated rings. The van der Waals surface area contributed by atoms with Crippen molar-refractivity contribution in [2.24, 2.45) is 0 Å². The molecule has 1 heterocycles. The highest BCUT2D eigenvalue weighted by Gasteiger charge is 2.23. The maximum absolute atomic E-state index is 5.30. The van der Waals surface area contributed by atoms with Crippen molar-refractivity contribution in [3.05, 3.63) is 164 Å². The van der Waals surface area contributed by atoms with Crippen LogP contribution in [-0.2, 0) is 6.54 Å². The third kappa shape index (κ3) is 3.90. The van der Waals surface area contributed by atoms with Crippen LogP contribution in [0.15, 0.2) is 164 Å². The number of nitrogens with zero attached hydrogens (tertiary/aromatic N) is 2. The summed E-state index contributed by atoms with van der Waals surface area (Å²) in [6.07, 6.45) is 0. The van der Waals surface area contributed by atoms with E-state index in [1.807, 2.05) is 0 Å². The highest BCUT2D eigenvalue weighted by atomic mass is 15.1. The molecular formula is C49H32N2. The van der Waals surface area contributed by atoms with Gasteiger partial charge in [-0.3, -0.25) is 0 Å². The molecule has 0 atom stereocenters. The standard InChI is InChI=1S/C49H32N2/c1-2-51-43-27-10-9-26-42(43)50-49(51)48-39-20-7-5-18-36(39)47(37-19-6-8-21-40(37)48)41-25-13-24-38-35-23-12-15-31-29-28-30-14-11-22-33(44(30)45(31)35)32-16-3-4-17-34(32)46(38)41/h3-29H,2H2,1H3. The molecule has 0 amide bonds. The van der Waals surface area contributed by atoms with E-state index in [0.29, 0.717) is 0 Å². The van der Waals surface area contributed by atoms with Gasteiger partial charge in [0, 0.05) is 12.1 Å². The number of hydrogen-bond acceptors (Lipinski definition) is 1. The molecule has 2 nitrogen and oxygen atoms in total. The SMILES string of the molecule is CCn1c(-c2c3ccccc3c(-c3cccc4c5cccc6ccc7cccc(c8ccccc8c34)c7c65)c3ccccc23)nc2ccccc21. The zero-order chi connectivity index (χ0) is 33.6. The summed E-state index contributed by atoms with van der Waals surface area (Å²) in [7, 11) is 0. The predicted molar refractivity (Wildman–Crippen MR) is 219 cm³/mol. The second-order valence-corrected chi connectivity index (χ2v) is 13.7. The van der Waals surface area contributed by atoms with Crippen LogP contribution in [0.4, 0.5) is 0 Å². The van der Waals surface area contributed by atoms with Crippen molar-refractivity contribution in [1.29, 1.82) is 0 Å². The first-order valence-electron chi connectivity index (χ1n) is 17.9. The van der Waals surface area contributed by atoms with E-state index in [2.05, 4.69) is 175 Å². The van der Waals surface area contributed by atoms with Crippen molar-refractivity contribution in [2.75, 3.05) is 0 Å². The highest BCUT2D eigenvalue weighted by Crippen LogP contribution is 2.48. The zero-order valence-electron chi connectivity index (χ0n) is 28.2. The predicted octanol–water partition coefficient (Wildman–Crippen LogP) is 13.5. The smallest absolute Gasteiger partial charge is 0.142 e. The Morgan fingerprint density at radius 2 is 0.843 bits per heavy atom. The molecule has 0 saturated heterocycles. The van der Waals surface area contributed by atoms with Gasteiger partial charge in [-0.2, -0.15) is 0 Å². The van der Waals surface area contributed by atoms with Crippen LogP contribution in [0.25, 0.3) is 109 Å². The number of hydrogen-bond donors (Lipinski definition) is 0. The molecule has 0 unspecified atom stereocenters. The molecule has 0 aliphatic rings. The van der Waals surface area contributed by atoms with E-state index in [1.54, 1.807) is 0 Å². The van der Waals surface area contributed by atoms with Gasteiger partial charge in [0.05, 0.1) is 11.0 Å². The lowest BCUT2D eigenvalue weighted by Gasteiger charge is -2.20. The number of aromatic nitrogens is 2. The summed E-state index contributed by atoms with van der Waals surface area (Å²) >= 11 is 0. The van der Waals surface area contributed by atoms with Crippen LogP contribution in [0.1, 0.15) is 6.92 Å². The normalized spacial score (nSPS) is 12.1. The molecule has 0 saturated carbocycles. The van der Waals surface area contributed by atoms with Crippen molar-refractivity contribution in [2.45, 2.75) is 13.5 Å². The molecule has 0 aliphatic heterocycles. The van der Waals surface area contributed by atoms with Gasteiger partial charge in [-0.05, 0) is 106 Å². The van der Waals surface area contributed by atoms with Gasteiger partial charge in [0.15, 0.2) is 0 Å². The Bertz CT molecular complexity index is 3180. The lowest BCUT2D eigenvalue weighted by molar-refractivity contribution is 0.798. The molecule has 1 aromatic heterocycles. The molecule has 0 radical (unpaired) electrons. The molecule has 238 valence electrons. The first kappa shape index (κ1) is 28.3. The average Bonchev–Trinajstić information content (AvgIpc) is 3.56. The number of para-hydroxylation sites is 2. The summed E-state index contributed by atoms with van der Waals surface area (Å²) in [5, 5.41) is 17.7. The summed E-state index contributed by atoms with van der Waals surface area (Å²) in [5.74, 6) is 1.02. The van der Waals surface area contributed by atoms with Crippen LogP contribution in [0, 0.1) is 0 Å². The van der Waals surface area contributed by atoms with Crippen LogP contribution >= 0.6 is 0 Å². The largest absolute Gasteiger partial charge is 0.324 e. The minimum absolute atomic E-state index is 0.836. The second-order valence-electron chi connectivity index (χ2n) is 13.7. The molecule has 11 rings (SSSR count). The molecular weight excluding hydrogens is 617 g/mol. The number of rotatable bonds is 3. The lowest BCUT2D eigenvalue weighted by atomic mass is 9.84. The first-order valence-corrected chi connectivity index (χ1v) is 17.9. The maximum Gasteiger partial charge on any atom is 0.142 e. The molecule has 11 aromatic rings. The van der Waals surface area contributed by atoms with E-state index >= 15 is 0 Å². The number of benzene rings is 9. The topological polar surface area (TPSA) is 17.8 Å². The van der Waals surface area contributed by atoms with E-state index in [1.165, 1.54) is 92.1 Å². The average molecular weight is 649 g/mol. The Morgan fingerprint density at radius 1 is 0.392 bits per heavy atom. The maximum atomic E-state index is 5.30. The van der Waals surface area contributed by atoms with E-state index in [9.17, 15) is 0 Å². The van der Waals surface area contributed by atoms with Crippen LogP contribution < -0.4 is 0 Å². The van der Waals surface area contributed by atoms with Gasteiger partial charge < -0.3 is 4.57 Å². The van der Waals surface area contributed by atoms with Crippen molar-refractivity contribution in [1.82, 2.24) is 9.55 Å². The quantitative estimate of drug-likeness (QED) is 0.138. The van der Waals surface area contributed by atoms with E-state index in [-0.39, 0.29) is 0 Å². The van der Waals surface area contributed by atoms with Gasteiger partial charge in [0.25, 0.3) is 0 Å². The third-order valence-electron chi connectivity index (χ3n) is 11.1. The summed E-state index contributed by atoms with van der Waals surface area (Å²) in [6, 6.07) is 60.5. The van der Waals surface area contributed by atoms with E-state index in [0.717, 1.165) is 23.4 Å². The minimum atomic E-state index is 0.836. The minimum Gasteiger partial charge on any atom is -0.324 e. The van der Waals surface area contributed by atoms with Gasteiger partial charge in [-0.1, -0.05) is 152 Å². The Morgan fingerprint density at radius 3 is 1.47 bits per heavy atom. The molecule has 0 bridgehead atoms. The Kier molecular flexibility index (Phi) is 5.97. The molecule has 10 aromatic carbocycles. The number of fused-ring (bicyclic) bond motifs is 8. The van der Waals surface area contributed by atoms with Gasteiger partial charge in [-0.15, -0.1) is 0 Å². The Balaban J connectivity index is 1.38. The van der Waals surface area contributed by atoms with E-state index in [4.69, 9.17) is 4.98 Å². The zero-order valence-corrected chi connectivity index (χ0v) is 28.2. The van der Waals surface area contributed by atoms with Crippen LogP contribution in [0.3, 0.4) is 0 Å². The molecule has 0 N–H and O–H groups in total. The van der Waals surface area contributed by atoms with Crippen LogP contribution in [-0.4, -0.2) is 9.55 Å². The van der Waals surface area contributed by atoms with E-state index < -0.39 is 0 Å². The van der Waals surface area contributed by atoms with Crippen molar-refractivity contribution in [3.63, 3.8) is 0 Å². The Labute approximate surface area is 294 Å². The summed E-state index contributed by atoms with van der Waals surface area (Å²) < 4.78 is 2.37. The van der Waals surface area contributed by atoms with Gasteiger partial charge in [-0.25, -0.2) is 4.98 Å². The van der Waals surface area contributed by atoms with Crippen molar-refractivity contribution < 1.29 is 0 Å². The van der Waals surface area contributed by atoms with Gasteiger partial charge >= 0.3 is 0 Å². The molecule has 51 heavy (non-hydrogen) atoms. The second kappa shape index (κ2) is 10.7. The van der Waals surface area contributed by atoms with Gasteiger partial charge in [0.1, 0.15) is 5.82 Å². The fraction of sp³-hybridized carbons (Fsp3) is 0.0408. The summed E-state index contributed by atoms with van der Waals surface area (Å²) in [6.45, 7) is 3.05.